The van der Waals surface area contributed by atoms with Crippen LogP contribution in [0.25, 0.3) is 5.65 Å². The third-order valence-corrected chi connectivity index (χ3v) is 4.02. The van der Waals surface area contributed by atoms with Gasteiger partial charge in [0.2, 0.25) is 0 Å². The first-order valence-corrected chi connectivity index (χ1v) is 7.71. The highest BCUT2D eigenvalue weighted by molar-refractivity contribution is 5.94. The molecule has 3 aromatic rings. The number of rotatable bonds is 5. The van der Waals surface area contributed by atoms with Gasteiger partial charge in [-0.2, -0.15) is 4.52 Å². The largest absolute Gasteiger partial charge is 0.332 e. The van der Waals surface area contributed by atoms with Gasteiger partial charge in [-0.15, -0.1) is 5.10 Å². The first-order valence-electron chi connectivity index (χ1n) is 7.71. The lowest BCUT2D eigenvalue weighted by Crippen LogP contribution is -2.37. The Kier molecular flexibility index (Phi) is 4.32. The average molecular weight is 309 g/mol. The lowest BCUT2D eigenvalue weighted by atomic mass is 10.1. The van der Waals surface area contributed by atoms with Crippen LogP contribution in [0.5, 0.6) is 0 Å². The van der Waals surface area contributed by atoms with Gasteiger partial charge >= 0.3 is 0 Å². The van der Waals surface area contributed by atoms with E-state index >= 15 is 0 Å². The van der Waals surface area contributed by atoms with Gasteiger partial charge in [0.05, 0.1) is 5.56 Å². The van der Waals surface area contributed by atoms with Gasteiger partial charge in [0.25, 0.3) is 5.91 Å². The number of tetrazole rings is 1. The zero-order valence-corrected chi connectivity index (χ0v) is 13.3. The van der Waals surface area contributed by atoms with Gasteiger partial charge in [0.1, 0.15) is 0 Å². The number of benzene rings is 1. The number of aromatic nitrogens is 4. The fraction of sp³-hybridized carbons (Fsp3) is 0.294. The average Bonchev–Trinajstić information content (AvgIpc) is 3.07. The molecule has 1 amide bonds. The molecule has 6 heteroatoms. The molecule has 1 atom stereocenters. The number of nitrogens with zero attached hydrogens (tertiary/aromatic N) is 5. The van der Waals surface area contributed by atoms with Crippen molar-refractivity contribution < 1.29 is 4.79 Å². The normalized spacial score (nSPS) is 12.3. The summed E-state index contributed by atoms with van der Waals surface area (Å²) in [6.07, 6.45) is 2.57. The summed E-state index contributed by atoms with van der Waals surface area (Å²) in [4.78, 5) is 14.8. The van der Waals surface area contributed by atoms with Crippen molar-refractivity contribution in [2.45, 2.75) is 32.9 Å². The van der Waals surface area contributed by atoms with Crippen molar-refractivity contribution in [3.63, 3.8) is 0 Å². The number of carbonyl (C=O) groups is 1. The molecule has 0 aliphatic rings. The van der Waals surface area contributed by atoms with E-state index in [0.29, 0.717) is 17.8 Å². The molecule has 6 nitrogen and oxygen atoms in total. The highest BCUT2D eigenvalue weighted by atomic mass is 16.2. The Labute approximate surface area is 134 Å². The van der Waals surface area contributed by atoms with E-state index in [1.165, 1.54) is 4.52 Å². The second-order valence-corrected chi connectivity index (χ2v) is 5.58. The van der Waals surface area contributed by atoms with Gasteiger partial charge in [-0.25, -0.2) is 0 Å². The van der Waals surface area contributed by atoms with Crippen LogP contribution in [-0.4, -0.2) is 36.9 Å². The fourth-order valence-corrected chi connectivity index (χ4v) is 2.46. The van der Waals surface area contributed by atoms with Crippen LogP contribution in [0.1, 0.15) is 36.2 Å². The second-order valence-electron chi connectivity index (χ2n) is 5.58. The minimum atomic E-state index is -0.0133. The predicted molar refractivity (Wildman–Crippen MR) is 86.9 cm³/mol. The summed E-state index contributed by atoms with van der Waals surface area (Å²) in [6, 6.07) is 13.7. The molecule has 0 aliphatic heterocycles. The van der Waals surface area contributed by atoms with Crippen LogP contribution < -0.4 is 0 Å². The summed E-state index contributed by atoms with van der Waals surface area (Å²) in [5, 5.41) is 11.3. The summed E-state index contributed by atoms with van der Waals surface area (Å²) >= 11 is 0. The highest BCUT2D eigenvalue weighted by Gasteiger charge is 2.21. The minimum absolute atomic E-state index is 0.0133. The van der Waals surface area contributed by atoms with Gasteiger partial charge in [0.15, 0.2) is 5.65 Å². The Morgan fingerprint density at radius 2 is 2.00 bits per heavy atom. The zero-order chi connectivity index (χ0) is 16.2. The van der Waals surface area contributed by atoms with Crippen molar-refractivity contribution in [1.29, 1.82) is 0 Å². The van der Waals surface area contributed by atoms with E-state index in [2.05, 4.69) is 29.4 Å². The van der Waals surface area contributed by atoms with Crippen molar-refractivity contribution in [1.82, 2.24) is 24.9 Å². The lowest BCUT2D eigenvalue weighted by molar-refractivity contribution is 0.0671. The maximum Gasteiger partial charge on any atom is 0.255 e. The summed E-state index contributed by atoms with van der Waals surface area (Å²) in [5.74, 6) is -0.0133. The van der Waals surface area contributed by atoms with Crippen LogP contribution in [-0.2, 0) is 6.54 Å². The van der Waals surface area contributed by atoms with Crippen molar-refractivity contribution in [3.05, 3.63) is 59.8 Å². The Balaban J connectivity index is 1.90. The molecular weight excluding hydrogens is 290 g/mol. The van der Waals surface area contributed by atoms with Gasteiger partial charge < -0.3 is 4.90 Å². The molecule has 0 bridgehead atoms. The number of pyridine rings is 1. The van der Waals surface area contributed by atoms with Crippen molar-refractivity contribution in [2.75, 3.05) is 0 Å². The molecule has 0 N–H and O–H groups in total. The highest BCUT2D eigenvalue weighted by Crippen LogP contribution is 2.15. The van der Waals surface area contributed by atoms with E-state index < -0.39 is 0 Å². The minimum Gasteiger partial charge on any atom is -0.332 e. The number of amides is 1. The van der Waals surface area contributed by atoms with Crippen LogP contribution in [0.2, 0.25) is 0 Å². The first-order chi connectivity index (χ1) is 11.2. The molecule has 0 saturated heterocycles. The van der Waals surface area contributed by atoms with Crippen molar-refractivity contribution in [3.8, 4) is 0 Å². The molecule has 1 unspecified atom stereocenters. The fourth-order valence-electron chi connectivity index (χ4n) is 2.46. The number of carbonyl (C=O) groups excluding carboxylic acids is 1. The van der Waals surface area contributed by atoms with E-state index in [-0.39, 0.29) is 11.9 Å². The van der Waals surface area contributed by atoms with E-state index in [0.717, 1.165) is 12.0 Å². The summed E-state index contributed by atoms with van der Waals surface area (Å²) in [5.41, 5.74) is 2.32. The number of hydrogen-bond acceptors (Lipinski definition) is 4. The van der Waals surface area contributed by atoms with E-state index in [9.17, 15) is 4.79 Å². The van der Waals surface area contributed by atoms with Gasteiger partial charge in [-0.05, 0) is 41.5 Å². The first kappa shape index (κ1) is 15.1. The van der Waals surface area contributed by atoms with E-state index in [1.807, 2.05) is 35.2 Å². The molecule has 1 aromatic carbocycles. The second kappa shape index (κ2) is 6.56. The third-order valence-electron chi connectivity index (χ3n) is 4.02. The van der Waals surface area contributed by atoms with Crippen LogP contribution in [0, 0.1) is 0 Å². The zero-order valence-electron chi connectivity index (χ0n) is 13.3. The molecule has 2 aromatic heterocycles. The third kappa shape index (κ3) is 3.21. The van der Waals surface area contributed by atoms with Crippen LogP contribution in [0.3, 0.4) is 0 Å². The van der Waals surface area contributed by atoms with Crippen molar-refractivity contribution >= 4 is 11.6 Å². The molecule has 118 valence electrons. The number of hydrogen-bond donors (Lipinski definition) is 0. The SMILES string of the molecule is CCC(C)N(Cc1ccccc1)C(=O)c1ccc2nnnn2c1. The molecule has 0 aliphatic carbocycles. The van der Waals surface area contributed by atoms with Crippen LogP contribution in [0.15, 0.2) is 48.7 Å². The Bertz CT molecular complexity index is 799. The summed E-state index contributed by atoms with van der Waals surface area (Å²) in [6.45, 7) is 4.74. The van der Waals surface area contributed by atoms with Gasteiger partial charge in [0, 0.05) is 18.8 Å². The monoisotopic (exact) mass is 309 g/mol. The maximum absolute atomic E-state index is 13.0. The Hall–Kier alpha value is -2.76. The molecule has 0 spiro atoms. The quantitative estimate of drug-likeness (QED) is 0.726. The van der Waals surface area contributed by atoms with Gasteiger partial charge in [-0.3, -0.25) is 4.79 Å². The maximum atomic E-state index is 13.0. The van der Waals surface area contributed by atoms with Crippen LogP contribution in [0.4, 0.5) is 0 Å². The molecule has 3 rings (SSSR count). The van der Waals surface area contributed by atoms with Crippen LogP contribution >= 0.6 is 0 Å². The topological polar surface area (TPSA) is 63.4 Å². The molecule has 0 radical (unpaired) electrons. The summed E-state index contributed by atoms with van der Waals surface area (Å²) < 4.78 is 1.52. The standard InChI is InChI=1S/C17H19N5O/c1-3-13(2)21(11-14-7-5-4-6-8-14)17(23)15-9-10-16-18-19-20-22(16)12-15/h4-10,12-13H,3,11H2,1-2H3. The lowest BCUT2D eigenvalue weighted by Gasteiger charge is -2.29. The van der Waals surface area contributed by atoms with E-state index in [4.69, 9.17) is 0 Å². The molecular formula is C17H19N5O. The molecule has 0 fully saturated rings. The smallest absolute Gasteiger partial charge is 0.255 e. The predicted octanol–water partition coefficient (Wildman–Crippen LogP) is 2.57. The van der Waals surface area contributed by atoms with Crippen molar-refractivity contribution in [2.24, 2.45) is 0 Å². The molecule has 2 heterocycles. The van der Waals surface area contributed by atoms with E-state index in [1.54, 1.807) is 18.3 Å². The number of fused-ring (bicyclic) bond motifs is 1. The molecule has 23 heavy (non-hydrogen) atoms. The Morgan fingerprint density at radius 1 is 1.22 bits per heavy atom. The Morgan fingerprint density at radius 3 is 2.74 bits per heavy atom. The molecule has 0 saturated carbocycles. The van der Waals surface area contributed by atoms with Gasteiger partial charge in [-0.1, -0.05) is 37.3 Å². The summed E-state index contributed by atoms with van der Waals surface area (Å²) in [7, 11) is 0.